The molecule has 3 rings (SSSR count). The maximum atomic E-state index is 5.87. The number of nitrogens with one attached hydrogen (secondary N) is 1. The molecule has 0 amide bonds. The number of hydrogen-bond donors (Lipinski definition) is 1. The molecule has 98 valence electrons. The van der Waals surface area contributed by atoms with Crippen molar-refractivity contribution in [3.63, 3.8) is 0 Å². The first-order valence-corrected chi connectivity index (χ1v) is 6.30. The predicted octanol–water partition coefficient (Wildman–Crippen LogP) is 3.20. The monoisotopic (exact) mass is 239 g/mol. The normalized spacial score (nSPS) is 26.5. The zero-order chi connectivity index (χ0) is 11.8. The lowest BCUT2D eigenvalue weighted by Crippen LogP contribution is -2.09. The van der Waals surface area contributed by atoms with Crippen LogP contribution in [0.15, 0.2) is 18.2 Å². The topological polar surface area (TPSA) is 52.8 Å². The van der Waals surface area contributed by atoms with Crippen LogP contribution >= 0.6 is 0 Å². The molecule has 3 heteroatoms. The lowest BCUT2D eigenvalue weighted by atomic mass is 10.1. The third-order valence-electron chi connectivity index (χ3n) is 3.30. The summed E-state index contributed by atoms with van der Waals surface area (Å²) in [6.45, 7) is 9.29. The summed E-state index contributed by atoms with van der Waals surface area (Å²) in [4.78, 5) is 0. The Morgan fingerprint density at radius 1 is 1.47 bits per heavy atom. The lowest BCUT2D eigenvalue weighted by molar-refractivity contribution is 0.214. The maximum Gasteiger partial charge on any atom is 0.123 e. The Labute approximate surface area is 105 Å². The predicted molar refractivity (Wildman–Crippen MR) is 74.1 cm³/mol. The van der Waals surface area contributed by atoms with E-state index < -0.39 is 0 Å². The Morgan fingerprint density at radius 2 is 2.18 bits per heavy atom. The molecule has 1 fully saturated rings. The van der Waals surface area contributed by atoms with Crippen LogP contribution in [-0.4, -0.2) is 17.6 Å². The zero-order valence-corrected chi connectivity index (χ0v) is 11.1. The highest BCUT2D eigenvalue weighted by molar-refractivity contribution is 5.57. The van der Waals surface area contributed by atoms with Crippen LogP contribution in [0.2, 0.25) is 0 Å². The van der Waals surface area contributed by atoms with Crippen molar-refractivity contribution < 1.29 is 11.6 Å². The van der Waals surface area contributed by atoms with E-state index in [0.717, 1.165) is 12.3 Å². The van der Waals surface area contributed by atoms with Gasteiger partial charge in [0.05, 0.1) is 0 Å². The van der Waals surface area contributed by atoms with E-state index in [-0.39, 0.29) is 12.5 Å². The van der Waals surface area contributed by atoms with E-state index in [2.05, 4.69) is 37.4 Å². The Morgan fingerprint density at radius 3 is 2.82 bits per heavy atom. The van der Waals surface area contributed by atoms with E-state index in [1.54, 1.807) is 0 Å². The highest BCUT2D eigenvalue weighted by atomic mass is 16.5. The van der Waals surface area contributed by atoms with Crippen molar-refractivity contribution in [2.24, 2.45) is 0 Å². The second-order valence-electron chi connectivity index (χ2n) is 4.45. The first kappa shape index (κ1) is 13.8. The SMILES string of the molecule is CC.CCNc1ccc2c(c1)C1CC1(C)O2.O.[HH]. The largest absolute Gasteiger partial charge is 0.487 e. The van der Waals surface area contributed by atoms with Crippen LogP contribution in [-0.2, 0) is 0 Å². The number of ether oxygens (including phenoxy) is 1. The van der Waals surface area contributed by atoms with Crippen molar-refractivity contribution in [1.29, 1.82) is 0 Å². The van der Waals surface area contributed by atoms with Crippen molar-refractivity contribution >= 4 is 5.69 Å². The summed E-state index contributed by atoms with van der Waals surface area (Å²) < 4.78 is 5.87. The number of rotatable bonds is 2. The van der Waals surface area contributed by atoms with Crippen molar-refractivity contribution in [1.82, 2.24) is 0 Å². The minimum Gasteiger partial charge on any atom is -0.487 e. The zero-order valence-electron chi connectivity index (χ0n) is 11.1. The average Bonchev–Trinajstić information content (AvgIpc) is 2.88. The van der Waals surface area contributed by atoms with Crippen LogP contribution in [0.25, 0.3) is 0 Å². The Balaban J connectivity index is 0.000000691. The maximum absolute atomic E-state index is 5.87. The fraction of sp³-hybridized carbons (Fsp3) is 0.571. The molecule has 1 aliphatic heterocycles. The summed E-state index contributed by atoms with van der Waals surface area (Å²) in [7, 11) is 0. The van der Waals surface area contributed by atoms with Gasteiger partial charge in [0.2, 0.25) is 0 Å². The number of fused-ring (bicyclic) bond motifs is 3. The molecule has 0 aromatic heterocycles. The van der Waals surface area contributed by atoms with Crippen LogP contribution in [0, 0.1) is 0 Å². The molecule has 0 spiro atoms. The smallest absolute Gasteiger partial charge is 0.123 e. The third-order valence-corrected chi connectivity index (χ3v) is 3.30. The molecular weight excluding hydrogens is 214 g/mol. The molecule has 0 saturated heterocycles. The van der Waals surface area contributed by atoms with Crippen molar-refractivity contribution in [2.75, 3.05) is 11.9 Å². The molecule has 2 unspecified atom stereocenters. The Bertz CT molecular complexity index is 397. The standard InChI is InChI=1S/C12H15NO.C2H6.H2O.H2/c1-3-13-8-4-5-11-9(6-8)10-7-12(10,2)14-11;1-2;;/h4-6,10,13H,3,7H2,1-2H3;1-2H3;1H2;1H. The Hall–Kier alpha value is -1.22. The van der Waals surface area contributed by atoms with Crippen LogP contribution in [0.4, 0.5) is 5.69 Å². The lowest BCUT2D eigenvalue weighted by Gasteiger charge is -2.09. The van der Waals surface area contributed by atoms with E-state index in [1.165, 1.54) is 17.7 Å². The molecule has 2 aliphatic rings. The minimum atomic E-state index is 0. The molecule has 0 bridgehead atoms. The molecule has 1 aromatic carbocycles. The summed E-state index contributed by atoms with van der Waals surface area (Å²) in [5.74, 6) is 1.74. The van der Waals surface area contributed by atoms with Gasteiger partial charge in [-0.1, -0.05) is 13.8 Å². The summed E-state index contributed by atoms with van der Waals surface area (Å²) in [6, 6.07) is 6.42. The molecule has 1 heterocycles. The van der Waals surface area contributed by atoms with Gasteiger partial charge in [-0.15, -0.1) is 0 Å². The van der Waals surface area contributed by atoms with E-state index in [1.807, 2.05) is 13.8 Å². The summed E-state index contributed by atoms with van der Waals surface area (Å²) in [5, 5.41) is 3.33. The molecule has 0 radical (unpaired) electrons. The first-order valence-electron chi connectivity index (χ1n) is 6.30. The van der Waals surface area contributed by atoms with Crippen LogP contribution in [0.1, 0.15) is 47.0 Å². The van der Waals surface area contributed by atoms with Gasteiger partial charge in [-0.25, -0.2) is 0 Å². The summed E-state index contributed by atoms with van der Waals surface area (Å²) in [5.41, 5.74) is 2.74. The molecular formula is C14H25NO2. The molecule has 17 heavy (non-hydrogen) atoms. The molecule has 1 aliphatic carbocycles. The van der Waals surface area contributed by atoms with Gasteiger partial charge >= 0.3 is 0 Å². The average molecular weight is 239 g/mol. The van der Waals surface area contributed by atoms with Crippen molar-refractivity contribution in [3.05, 3.63) is 23.8 Å². The van der Waals surface area contributed by atoms with E-state index in [9.17, 15) is 0 Å². The second-order valence-corrected chi connectivity index (χ2v) is 4.45. The van der Waals surface area contributed by atoms with Gasteiger partial charge in [-0.2, -0.15) is 0 Å². The summed E-state index contributed by atoms with van der Waals surface area (Å²) >= 11 is 0. The fourth-order valence-corrected chi connectivity index (χ4v) is 2.38. The van der Waals surface area contributed by atoms with Gasteiger partial charge in [-0.05, 0) is 38.5 Å². The van der Waals surface area contributed by atoms with Crippen molar-refractivity contribution in [2.45, 2.75) is 45.6 Å². The summed E-state index contributed by atoms with van der Waals surface area (Å²) in [6.07, 6.45) is 1.19. The molecule has 1 saturated carbocycles. The molecule has 2 atom stereocenters. The van der Waals surface area contributed by atoms with Gasteiger partial charge in [0.25, 0.3) is 0 Å². The third kappa shape index (κ3) is 2.25. The molecule has 1 aromatic rings. The van der Waals surface area contributed by atoms with E-state index in [0.29, 0.717) is 5.92 Å². The van der Waals surface area contributed by atoms with Gasteiger partial charge in [0.15, 0.2) is 0 Å². The number of hydrogen-bond acceptors (Lipinski definition) is 2. The van der Waals surface area contributed by atoms with Gasteiger partial charge in [-0.3, -0.25) is 0 Å². The van der Waals surface area contributed by atoms with Gasteiger partial charge < -0.3 is 15.5 Å². The number of anilines is 1. The van der Waals surface area contributed by atoms with E-state index >= 15 is 0 Å². The van der Waals surface area contributed by atoms with Crippen LogP contribution in [0.5, 0.6) is 5.75 Å². The fourth-order valence-electron chi connectivity index (χ4n) is 2.38. The van der Waals surface area contributed by atoms with Crippen LogP contribution in [0.3, 0.4) is 0 Å². The second kappa shape index (κ2) is 4.96. The Kier molecular flexibility index (Phi) is 4.04. The molecule has 3 N–H and O–H groups in total. The van der Waals surface area contributed by atoms with Crippen LogP contribution < -0.4 is 10.1 Å². The van der Waals surface area contributed by atoms with Crippen molar-refractivity contribution in [3.8, 4) is 5.75 Å². The number of benzene rings is 1. The molecule has 3 nitrogen and oxygen atoms in total. The highest BCUT2D eigenvalue weighted by Gasteiger charge is 2.59. The highest BCUT2D eigenvalue weighted by Crippen LogP contribution is 2.62. The van der Waals surface area contributed by atoms with E-state index in [4.69, 9.17) is 4.74 Å². The van der Waals surface area contributed by atoms with Gasteiger partial charge in [0, 0.05) is 25.1 Å². The quantitative estimate of drug-likeness (QED) is 0.861. The first-order chi connectivity index (χ1) is 7.73. The minimum absolute atomic E-state index is 0. The van der Waals surface area contributed by atoms with Gasteiger partial charge in [0.1, 0.15) is 11.4 Å².